The van der Waals surface area contributed by atoms with Crippen LogP contribution in [-0.4, -0.2) is 55.2 Å². The van der Waals surface area contributed by atoms with E-state index in [-0.39, 0.29) is 11.8 Å². The monoisotopic (exact) mass is 307 g/mol. The lowest BCUT2D eigenvalue weighted by Gasteiger charge is -2.24. The fraction of sp³-hybridized carbons (Fsp3) is 0.562. The van der Waals surface area contributed by atoms with Crippen LogP contribution in [0.1, 0.15) is 19.3 Å². The third kappa shape index (κ3) is 3.16. The first kappa shape index (κ1) is 15.1. The summed E-state index contributed by atoms with van der Waals surface area (Å²) >= 11 is 0. The summed E-state index contributed by atoms with van der Waals surface area (Å²) in [5, 5.41) is 2.82. The first-order chi connectivity index (χ1) is 10.7. The van der Waals surface area contributed by atoms with E-state index in [1.165, 1.54) is 38.2 Å². The van der Waals surface area contributed by atoms with Gasteiger partial charge in [-0.1, -0.05) is 0 Å². The number of amides is 2. The van der Waals surface area contributed by atoms with Gasteiger partial charge in [0.15, 0.2) is 0 Å². The number of urea groups is 1. The van der Waals surface area contributed by atoms with E-state index in [1.807, 2.05) is 4.90 Å². The lowest BCUT2D eigenvalue weighted by Crippen LogP contribution is -2.38. The van der Waals surface area contributed by atoms with Crippen molar-refractivity contribution >= 4 is 11.7 Å². The van der Waals surface area contributed by atoms with Crippen molar-refractivity contribution in [1.82, 2.24) is 9.80 Å². The number of carbonyl (C=O) groups excluding carboxylic acids is 1. The number of likely N-dealkylation sites (tertiary alicyclic amines) is 2. The molecule has 0 radical (unpaired) electrons. The number of methoxy groups -OCH3 is 1. The number of benzene rings is 1. The van der Waals surface area contributed by atoms with Crippen molar-refractivity contribution in [2.45, 2.75) is 25.3 Å². The maximum absolute atomic E-state index is 13.2. The highest BCUT2D eigenvalue weighted by atomic mass is 19.1. The number of ether oxygens (including phenoxy) is 1. The van der Waals surface area contributed by atoms with Crippen molar-refractivity contribution in [2.24, 2.45) is 0 Å². The Kier molecular flexibility index (Phi) is 4.47. The van der Waals surface area contributed by atoms with Crippen molar-refractivity contribution < 1.29 is 13.9 Å². The average molecular weight is 307 g/mol. The van der Waals surface area contributed by atoms with Crippen molar-refractivity contribution in [3.8, 4) is 5.75 Å². The Bertz CT molecular complexity index is 546. The van der Waals surface area contributed by atoms with Gasteiger partial charge in [-0.15, -0.1) is 0 Å². The molecule has 3 rings (SSSR count). The van der Waals surface area contributed by atoms with Gasteiger partial charge in [-0.05, 0) is 44.5 Å². The molecule has 0 spiro atoms. The van der Waals surface area contributed by atoms with Gasteiger partial charge < -0.3 is 15.0 Å². The summed E-state index contributed by atoms with van der Waals surface area (Å²) in [5.41, 5.74) is 0.499. The molecule has 2 fully saturated rings. The van der Waals surface area contributed by atoms with E-state index in [1.54, 1.807) is 0 Å². The van der Waals surface area contributed by atoms with Crippen LogP contribution in [0.15, 0.2) is 18.2 Å². The summed E-state index contributed by atoms with van der Waals surface area (Å²) in [6.07, 6.45) is 3.54. The minimum atomic E-state index is -0.384. The molecule has 2 aliphatic heterocycles. The van der Waals surface area contributed by atoms with E-state index in [9.17, 15) is 9.18 Å². The molecule has 0 saturated carbocycles. The van der Waals surface area contributed by atoms with Crippen molar-refractivity contribution in [3.05, 3.63) is 24.0 Å². The molecular weight excluding hydrogens is 285 g/mol. The highest BCUT2D eigenvalue weighted by Crippen LogP contribution is 2.26. The third-order valence-corrected chi connectivity index (χ3v) is 4.51. The Hall–Kier alpha value is -1.82. The number of nitrogens with one attached hydrogen (secondary N) is 1. The Labute approximate surface area is 130 Å². The van der Waals surface area contributed by atoms with Gasteiger partial charge in [0.25, 0.3) is 0 Å². The summed E-state index contributed by atoms with van der Waals surface area (Å²) in [6.45, 7) is 3.81. The zero-order valence-corrected chi connectivity index (χ0v) is 12.8. The van der Waals surface area contributed by atoms with E-state index in [0.29, 0.717) is 17.5 Å². The molecule has 22 heavy (non-hydrogen) atoms. The van der Waals surface area contributed by atoms with Crippen LogP contribution in [0.5, 0.6) is 5.75 Å². The van der Waals surface area contributed by atoms with Gasteiger partial charge in [0.05, 0.1) is 12.8 Å². The Morgan fingerprint density at radius 3 is 2.82 bits per heavy atom. The molecule has 2 heterocycles. The summed E-state index contributed by atoms with van der Waals surface area (Å²) in [7, 11) is 1.46. The minimum Gasteiger partial charge on any atom is -0.494 e. The topological polar surface area (TPSA) is 44.8 Å². The molecule has 0 aliphatic carbocycles. The summed E-state index contributed by atoms with van der Waals surface area (Å²) in [5.74, 6) is -0.0474. The van der Waals surface area contributed by atoms with Gasteiger partial charge in [0.1, 0.15) is 11.6 Å². The molecule has 6 heteroatoms. The number of halogens is 1. The van der Waals surface area contributed by atoms with Gasteiger partial charge in [-0.3, -0.25) is 4.90 Å². The number of anilines is 1. The Morgan fingerprint density at radius 1 is 1.32 bits per heavy atom. The Balaban J connectivity index is 1.60. The zero-order chi connectivity index (χ0) is 15.5. The first-order valence-corrected chi connectivity index (χ1v) is 7.81. The number of hydrogen-bond acceptors (Lipinski definition) is 3. The largest absolute Gasteiger partial charge is 0.494 e. The van der Waals surface area contributed by atoms with Crippen LogP contribution in [-0.2, 0) is 0 Å². The third-order valence-electron chi connectivity index (χ3n) is 4.51. The van der Waals surface area contributed by atoms with Crippen LogP contribution in [0.3, 0.4) is 0 Å². The fourth-order valence-electron chi connectivity index (χ4n) is 3.29. The standard InChI is InChI=1S/C16H22FN3O2/c1-22-15-10-12(17)4-5-14(15)18-16(21)20-9-6-13(11-20)19-7-2-3-8-19/h4-5,10,13H,2-3,6-9,11H2,1H3,(H,18,21)/t13-/m0/s1. The van der Waals surface area contributed by atoms with Crippen LogP contribution in [0.4, 0.5) is 14.9 Å². The van der Waals surface area contributed by atoms with Crippen LogP contribution in [0.25, 0.3) is 0 Å². The molecule has 0 bridgehead atoms. The highest BCUT2D eigenvalue weighted by Gasteiger charge is 2.31. The second-order valence-electron chi connectivity index (χ2n) is 5.91. The van der Waals surface area contributed by atoms with Crippen LogP contribution >= 0.6 is 0 Å². The molecular formula is C16H22FN3O2. The summed E-state index contributed by atoms with van der Waals surface area (Å²) in [4.78, 5) is 16.7. The maximum atomic E-state index is 13.2. The van der Waals surface area contributed by atoms with Gasteiger partial charge >= 0.3 is 6.03 Å². The highest BCUT2D eigenvalue weighted by molar-refractivity contribution is 5.91. The second-order valence-corrected chi connectivity index (χ2v) is 5.91. The smallest absolute Gasteiger partial charge is 0.322 e. The lowest BCUT2D eigenvalue weighted by molar-refractivity contribution is 0.210. The molecule has 1 aromatic rings. The van der Waals surface area contributed by atoms with E-state index < -0.39 is 0 Å². The van der Waals surface area contributed by atoms with Crippen molar-refractivity contribution in [1.29, 1.82) is 0 Å². The second kappa shape index (κ2) is 6.52. The number of rotatable bonds is 3. The molecule has 1 atom stereocenters. The molecule has 2 aliphatic rings. The molecule has 1 N–H and O–H groups in total. The van der Waals surface area contributed by atoms with E-state index >= 15 is 0 Å². The summed E-state index contributed by atoms with van der Waals surface area (Å²) in [6, 6.07) is 4.44. The molecule has 5 nitrogen and oxygen atoms in total. The predicted octanol–water partition coefficient (Wildman–Crippen LogP) is 2.54. The molecule has 2 saturated heterocycles. The quantitative estimate of drug-likeness (QED) is 0.933. The van der Waals surface area contributed by atoms with Gasteiger partial charge in [0.2, 0.25) is 0 Å². The summed E-state index contributed by atoms with van der Waals surface area (Å²) < 4.78 is 18.3. The van der Waals surface area contributed by atoms with Gasteiger partial charge in [-0.25, -0.2) is 9.18 Å². The molecule has 1 aromatic carbocycles. The maximum Gasteiger partial charge on any atom is 0.322 e. The molecule has 0 unspecified atom stereocenters. The predicted molar refractivity (Wildman–Crippen MR) is 82.8 cm³/mol. The number of carbonyl (C=O) groups is 1. The van der Waals surface area contributed by atoms with Crippen molar-refractivity contribution in [2.75, 3.05) is 38.6 Å². The van der Waals surface area contributed by atoms with E-state index in [0.717, 1.165) is 32.6 Å². The van der Waals surface area contributed by atoms with Crippen LogP contribution in [0.2, 0.25) is 0 Å². The zero-order valence-electron chi connectivity index (χ0n) is 12.8. The fourth-order valence-corrected chi connectivity index (χ4v) is 3.29. The van der Waals surface area contributed by atoms with Crippen LogP contribution in [0, 0.1) is 5.82 Å². The molecule has 0 aromatic heterocycles. The number of nitrogens with zero attached hydrogens (tertiary/aromatic N) is 2. The molecule has 120 valence electrons. The lowest BCUT2D eigenvalue weighted by atomic mass is 10.2. The normalized spacial score (nSPS) is 22.1. The van der Waals surface area contributed by atoms with Gasteiger partial charge in [-0.2, -0.15) is 0 Å². The molecule has 2 amide bonds. The first-order valence-electron chi connectivity index (χ1n) is 7.81. The Morgan fingerprint density at radius 2 is 2.09 bits per heavy atom. The minimum absolute atomic E-state index is 0.147. The average Bonchev–Trinajstić information content (AvgIpc) is 3.19. The number of hydrogen-bond donors (Lipinski definition) is 1. The van der Waals surface area contributed by atoms with E-state index in [2.05, 4.69) is 10.2 Å². The SMILES string of the molecule is COc1cc(F)ccc1NC(=O)N1CC[C@H](N2CCCC2)C1. The van der Waals surface area contributed by atoms with Crippen LogP contribution < -0.4 is 10.1 Å². The van der Waals surface area contributed by atoms with Crippen molar-refractivity contribution in [3.63, 3.8) is 0 Å². The van der Waals surface area contributed by atoms with E-state index in [4.69, 9.17) is 4.74 Å². The van der Waals surface area contributed by atoms with Gasteiger partial charge in [0, 0.05) is 25.2 Å².